The number of nitrogens with one attached hydrogen (secondary N) is 1. The molecule has 0 unspecified atom stereocenters. The molecule has 0 radical (unpaired) electrons. The van der Waals surface area contributed by atoms with Gasteiger partial charge < -0.3 is 10.2 Å². The first-order chi connectivity index (χ1) is 7.06. The minimum atomic E-state index is 0.0926. The van der Waals surface area contributed by atoms with Gasteiger partial charge in [0.2, 0.25) is 5.91 Å². The molecule has 15 heavy (non-hydrogen) atoms. The minimum Gasteiger partial charge on any atom is -0.349 e. The fraction of sp³-hybridized carbons (Fsp3) is 0.917. The van der Waals surface area contributed by atoms with E-state index in [4.69, 9.17) is 0 Å². The van der Waals surface area contributed by atoms with Gasteiger partial charge in [-0.25, -0.2) is 0 Å². The Bertz CT molecular complexity index is 130. The second kappa shape index (κ2) is 13.4. The van der Waals surface area contributed by atoms with E-state index in [1.807, 2.05) is 0 Å². The number of unbranched alkanes of at least 4 members (excludes halogenated alkanes) is 2. The SMILES string of the molecule is CC(=O)N(C)C.CCCCNCCCC. The van der Waals surface area contributed by atoms with Gasteiger partial charge in [0, 0.05) is 21.0 Å². The lowest BCUT2D eigenvalue weighted by atomic mass is 10.3. The standard InChI is InChI=1S/C8H19N.C4H9NO/c1-3-5-7-9-8-6-4-2;1-4(6)5(2)3/h9H,3-8H2,1-2H3;1-3H3. The normalized spacial score (nSPS) is 9.13. The molecule has 0 fully saturated rings. The van der Waals surface area contributed by atoms with Gasteiger partial charge in [0.25, 0.3) is 0 Å². The molecular formula is C12H28N2O. The summed E-state index contributed by atoms with van der Waals surface area (Å²) in [5, 5.41) is 3.39. The maximum Gasteiger partial charge on any atom is 0.218 e. The van der Waals surface area contributed by atoms with Crippen LogP contribution in [-0.2, 0) is 4.79 Å². The van der Waals surface area contributed by atoms with Crippen molar-refractivity contribution >= 4 is 5.91 Å². The molecule has 3 heteroatoms. The van der Waals surface area contributed by atoms with Gasteiger partial charge in [0.1, 0.15) is 0 Å². The Morgan fingerprint density at radius 3 is 1.60 bits per heavy atom. The van der Waals surface area contributed by atoms with Gasteiger partial charge in [-0.2, -0.15) is 0 Å². The Morgan fingerprint density at radius 1 is 1.07 bits per heavy atom. The molecule has 1 amide bonds. The lowest BCUT2D eigenvalue weighted by Gasteiger charge is -2.02. The first-order valence-electron chi connectivity index (χ1n) is 5.94. The van der Waals surface area contributed by atoms with Gasteiger partial charge in [-0.3, -0.25) is 4.79 Å². The molecule has 0 saturated heterocycles. The van der Waals surface area contributed by atoms with Crippen LogP contribution in [0.15, 0.2) is 0 Å². The van der Waals surface area contributed by atoms with Crippen LogP contribution in [0.25, 0.3) is 0 Å². The van der Waals surface area contributed by atoms with E-state index in [-0.39, 0.29) is 5.91 Å². The number of rotatable bonds is 6. The quantitative estimate of drug-likeness (QED) is 0.691. The first kappa shape index (κ1) is 16.8. The zero-order valence-electron chi connectivity index (χ0n) is 11.1. The third kappa shape index (κ3) is 19.7. The van der Waals surface area contributed by atoms with E-state index >= 15 is 0 Å². The molecule has 92 valence electrons. The summed E-state index contributed by atoms with van der Waals surface area (Å²) in [6.45, 7) is 8.38. The number of amides is 1. The molecule has 0 atom stereocenters. The Labute approximate surface area is 95.2 Å². The van der Waals surface area contributed by atoms with Crippen molar-refractivity contribution in [3.8, 4) is 0 Å². The van der Waals surface area contributed by atoms with Crippen LogP contribution in [0, 0.1) is 0 Å². The monoisotopic (exact) mass is 216 g/mol. The zero-order valence-corrected chi connectivity index (χ0v) is 11.1. The molecular weight excluding hydrogens is 188 g/mol. The smallest absolute Gasteiger partial charge is 0.218 e. The molecule has 0 heterocycles. The second-order valence-electron chi connectivity index (χ2n) is 3.87. The molecule has 0 aromatic heterocycles. The van der Waals surface area contributed by atoms with Crippen molar-refractivity contribution in [1.29, 1.82) is 0 Å². The van der Waals surface area contributed by atoms with E-state index in [9.17, 15) is 4.79 Å². The van der Waals surface area contributed by atoms with Crippen LogP contribution in [0.3, 0.4) is 0 Å². The maximum absolute atomic E-state index is 10.1. The summed E-state index contributed by atoms with van der Waals surface area (Å²) < 4.78 is 0. The zero-order chi connectivity index (χ0) is 12.1. The molecule has 0 aromatic carbocycles. The van der Waals surface area contributed by atoms with Crippen molar-refractivity contribution in [3.05, 3.63) is 0 Å². The average molecular weight is 216 g/mol. The van der Waals surface area contributed by atoms with Gasteiger partial charge in [-0.1, -0.05) is 26.7 Å². The number of carbonyl (C=O) groups is 1. The molecule has 3 nitrogen and oxygen atoms in total. The van der Waals surface area contributed by atoms with Crippen LogP contribution in [0.5, 0.6) is 0 Å². The largest absolute Gasteiger partial charge is 0.349 e. The number of hydrogen-bond acceptors (Lipinski definition) is 2. The first-order valence-corrected chi connectivity index (χ1v) is 5.94. The molecule has 0 aliphatic carbocycles. The molecule has 1 N–H and O–H groups in total. The summed E-state index contributed by atoms with van der Waals surface area (Å²) in [5.74, 6) is 0.0926. The van der Waals surface area contributed by atoms with Crippen molar-refractivity contribution in [2.75, 3.05) is 27.2 Å². The molecule has 0 aliphatic rings. The summed E-state index contributed by atoms with van der Waals surface area (Å²) in [6.07, 6.45) is 5.26. The fourth-order valence-electron chi connectivity index (χ4n) is 0.729. The molecule has 0 aromatic rings. The number of carbonyl (C=O) groups excluding carboxylic acids is 1. The lowest BCUT2D eigenvalue weighted by molar-refractivity contribution is -0.126. The van der Waals surface area contributed by atoms with E-state index in [1.54, 1.807) is 14.1 Å². The van der Waals surface area contributed by atoms with Crippen molar-refractivity contribution < 1.29 is 4.79 Å². The summed E-state index contributed by atoms with van der Waals surface area (Å²) in [6, 6.07) is 0. The summed E-state index contributed by atoms with van der Waals surface area (Å²) in [5.41, 5.74) is 0. The van der Waals surface area contributed by atoms with E-state index in [0.717, 1.165) is 0 Å². The van der Waals surface area contributed by atoms with Crippen molar-refractivity contribution in [2.24, 2.45) is 0 Å². The highest BCUT2D eigenvalue weighted by molar-refractivity contribution is 5.72. The summed E-state index contributed by atoms with van der Waals surface area (Å²) in [4.78, 5) is 11.6. The summed E-state index contributed by atoms with van der Waals surface area (Å²) in [7, 11) is 3.45. The van der Waals surface area contributed by atoms with Crippen LogP contribution in [0.1, 0.15) is 46.5 Å². The predicted octanol–water partition coefficient (Wildman–Crippen LogP) is 2.27. The van der Waals surface area contributed by atoms with Gasteiger partial charge in [0.05, 0.1) is 0 Å². The van der Waals surface area contributed by atoms with Crippen LogP contribution in [0.4, 0.5) is 0 Å². The molecule has 0 spiro atoms. The van der Waals surface area contributed by atoms with E-state index < -0.39 is 0 Å². The van der Waals surface area contributed by atoms with Crippen molar-refractivity contribution in [2.45, 2.75) is 46.5 Å². The Balaban J connectivity index is 0. The molecule has 0 saturated carbocycles. The third-order valence-corrected chi connectivity index (χ3v) is 2.04. The average Bonchev–Trinajstić information content (AvgIpc) is 2.18. The third-order valence-electron chi connectivity index (χ3n) is 2.04. The topological polar surface area (TPSA) is 32.3 Å². The highest BCUT2D eigenvalue weighted by atomic mass is 16.2. The predicted molar refractivity (Wildman–Crippen MR) is 67.1 cm³/mol. The van der Waals surface area contributed by atoms with Crippen LogP contribution in [-0.4, -0.2) is 38.0 Å². The summed E-state index contributed by atoms with van der Waals surface area (Å²) >= 11 is 0. The van der Waals surface area contributed by atoms with Gasteiger partial charge >= 0.3 is 0 Å². The Kier molecular flexibility index (Phi) is 15.1. The Hall–Kier alpha value is -0.570. The number of hydrogen-bond donors (Lipinski definition) is 1. The van der Waals surface area contributed by atoms with E-state index in [2.05, 4.69) is 19.2 Å². The fourth-order valence-corrected chi connectivity index (χ4v) is 0.729. The minimum absolute atomic E-state index is 0.0926. The van der Waals surface area contributed by atoms with Crippen molar-refractivity contribution in [3.63, 3.8) is 0 Å². The van der Waals surface area contributed by atoms with Gasteiger partial charge in [-0.05, 0) is 25.9 Å². The lowest BCUT2D eigenvalue weighted by Crippen LogP contribution is -2.17. The van der Waals surface area contributed by atoms with E-state index in [1.165, 1.54) is 50.6 Å². The highest BCUT2D eigenvalue weighted by Gasteiger charge is 1.87. The van der Waals surface area contributed by atoms with Crippen LogP contribution < -0.4 is 5.32 Å². The molecule has 0 aliphatic heterocycles. The van der Waals surface area contributed by atoms with Crippen LogP contribution >= 0.6 is 0 Å². The van der Waals surface area contributed by atoms with E-state index in [0.29, 0.717) is 0 Å². The second-order valence-corrected chi connectivity index (χ2v) is 3.87. The van der Waals surface area contributed by atoms with Gasteiger partial charge in [-0.15, -0.1) is 0 Å². The molecule has 0 bridgehead atoms. The Morgan fingerprint density at radius 2 is 1.40 bits per heavy atom. The molecule has 0 rings (SSSR count). The highest BCUT2D eigenvalue weighted by Crippen LogP contribution is 1.85. The number of nitrogens with zero attached hydrogens (tertiary/aromatic N) is 1. The van der Waals surface area contributed by atoms with Gasteiger partial charge in [0.15, 0.2) is 0 Å². The maximum atomic E-state index is 10.1. The van der Waals surface area contributed by atoms with Crippen molar-refractivity contribution in [1.82, 2.24) is 10.2 Å². The van der Waals surface area contributed by atoms with Crippen LogP contribution in [0.2, 0.25) is 0 Å².